The van der Waals surface area contributed by atoms with Crippen molar-refractivity contribution in [1.29, 1.82) is 0 Å². The number of nitrogens with zero attached hydrogens (tertiary/aromatic N) is 3. The number of anilines is 1. The maximum Gasteiger partial charge on any atom is 0.573 e. The fourth-order valence-electron chi connectivity index (χ4n) is 4.20. The van der Waals surface area contributed by atoms with E-state index in [2.05, 4.69) is 28.1 Å². The molecule has 7 nitrogen and oxygen atoms in total. The second-order valence-corrected chi connectivity index (χ2v) is 8.82. The molecular formula is C22H29F3N4O3S. The summed E-state index contributed by atoms with van der Waals surface area (Å²) in [5.41, 5.74) is 1.22. The van der Waals surface area contributed by atoms with Crippen LogP contribution in [-0.4, -0.2) is 61.0 Å². The Balaban J connectivity index is 0.000000197. The molecule has 33 heavy (non-hydrogen) atoms. The molecule has 1 aromatic rings. The van der Waals surface area contributed by atoms with Gasteiger partial charge in [-0.05, 0) is 31.9 Å². The van der Waals surface area contributed by atoms with E-state index in [1.807, 2.05) is 4.90 Å². The molecule has 4 heterocycles. The molecule has 2 saturated heterocycles. The van der Waals surface area contributed by atoms with E-state index >= 15 is 0 Å². The van der Waals surface area contributed by atoms with Crippen molar-refractivity contribution in [1.82, 2.24) is 15.2 Å². The van der Waals surface area contributed by atoms with Crippen LogP contribution < -0.4 is 10.2 Å². The number of carbonyl (C=O) groups is 1. The first-order valence-corrected chi connectivity index (χ1v) is 11.7. The van der Waals surface area contributed by atoms with Gasteiger partial charge in [0, 0.05) is 43.0 Å². The van der Waals surface area contributed by atoms with Crippen LogP contribution in [0.15, 0.2) is 36.8 Å². The molecule has 1 aromatic heterocycles. The van der Waals surface area contributed by atoms with Crippen molar-refractivity contribution in [3.63, 3.8) is 0 Å². The third kappa shape index (κ3) is 6.29. The standard InChI is InChI=1S/C13H18N4OS.C9H11F3O2/c18-8-16-4-3-11-12(7-16)19-13(15-11)17-9-1-2-10(17)6-14-5-9;1-4-7(13-6-3)8(5-2)14-9(10,11)12/h8-10,14H,1-7H2;4-5H,1-2,6H2,3H3/b;8-7-. The molecule has 2 atom stereocenters. The Bertz CT molecular complexity index is 871. The number of halogens is 3. The lowest BCUT2D eigenvalue weighted by Crippen LogP contribution is -2.51. The minimum absolute atomic E-state index is 0.0835. The molecule has 2 bridgehead atoms. The largest absolute Gasteiger partial charge is 0.573 e. The highest BCUT2D eigenvalue weighted by Crippen LogP contribution is 2.37. The third-order valence-corrected chi connectivity index (χ3v) is 6.73. The molecule has 1 amide bonds. The van der Waals surface area contributed by atoms with Crippen LogP contribution in [0.5, 0.6) is 0 Å². The Hall–Kier alpha value is -2.53. The summed E-state index contributed by atoms with van der Waals surface area (Å²) in [6, 6.07) is 1.24. The summed E-state index contributed by atoms with van der Waals surface area (Å²) in [6.45, 7) is 12.1. The number of aromatic nitrogens is 1. The molecular weight excluding hydrogens is 457 g/mol. The molecule has 182 valence electrons. The number of alkyl halides is 3. The van der Waals surface area contributed by atoms with E-state index in [0.717, 1.165) is 51.2 Å². The maximum absolute atomic E-state index is 11.8. The van der Waals surface area contributed by atoms with E-state index in [9.17, 15) is 18.0 Å². The van der Waals surface area contributed by atoms with Crippen LogP contribution in [0.25, 0.3) is 0 Å². The predicted octanol–water partition coefficient (Wildman–Crippen LogP) is 3.74. The average molecular weight is 487 g/mol. The number of hydrogen-bond acceptors (Lipinski definition) is 7. The highest BCUT2D eigenvalue weighted by molar-refractivity contribution is 7.15. The van der Waals surface area contributed by atoms with Crippen molar-refractivity contribution in [2.45, 2.75) is 51.2 Å². The average Bonchev–Trinajstić information content (AvgIpc) is 3.32. The first kappa shape index (κ1) is 25.1. The number of fused-ring (bicyclic) bond motifs is 3. The summed E-state index contributed by atoms with van der Waals surface area (Å²) in [7, 11) is 0. The van der Waals surface area contributed by atoms with Crippen LogP contribution in [0.2, 0.25) is 0 Å². The number of rotatable bonds is 7. The lowest BCUT2D eigenvalue weighted by Gasteiger charge is -2.35. The molecule has 11 heteroatoms. The van der Waals surface area contributed by atoms with Crippen LogP contribution in [0.3, 0.4) is 0 Å². The van der Waals surface area contributed by atoms with Crippen molar-refractivity contribution in [2.24, 2.45) is 0 Å². The summed E-state index contributed by atoms with van der Waals surface area (Å²) < 4.78 is 44.0. The number of amides is 1. The fraction of sp³-hybridized carbons (Fsp3) is 0.545. The van der Waals surface area contributed by atoms with E-state index in [0.29, 0.717) is 12.1 Å². The zero-order valence-corrected chi connectivity index (χ0v) is 19.4. The van der Waals surface area contributed by atoms with Gasteiger partial charge in [0.25, 0.3) is 0 Å². The molecule has 3 aliphatic heterocycles. The van der Waals surface area contributed by atoms with Gasteiger partial charge in [-0.2, -0.15) is 0 Å². The Kier molecular flexibility index (Phi) is 8.41. The normalized spacial score (nSPS) is 22.4. The Morgan fingerprint density at radius 1 is 1.24 bits per heavy atom. The van der Waals surface area contributed by atoms with Gasteiger partial charge in [-0.3, -0.25) is 4.79 Å². The van der Waals surface area contributed by atoms with E-state index in [-0.39, 0.29) is 12.4 Å². The monoisotopic (exact) mass is 486 g/mol. The highest BCUT2D eigenvalue weighted by atomic mass is 32.1. The molecule has 2 fully saturated rings. The Labute approximate surface area is 195 Å². The molecule has 0 spiro atoms. The second-order valence-electron chi connectivity index (χ2n) is 7.76. The quantitative estimate of drug-likeness (QED) is 0.360. The molecule has 0 aromatic carbocycles. The van der Waals surface area contributed by atoms with E-state index in [4.69, 9.17) is 9.72 Å². The van der Waals surface area contributed by atoms with Crippen LogP contribution >= 0.6 is 11.3 Å². The molecule has 0 radical (unpaired) electrons. The zero-order valence-electron chi connectivity index (χ0n) is 18.6. The van der Waals surface area contributed by atoms with E-state index < -0.39 is 12.1 Å². The van der Waals surface area contributed by atoms with Crippen molar-refractivity contribution in [3.8, 4) is 0 Å². The first-order chi connectivity index (χ1) is 15.8. The smallest absolute Gasteiger partial charge is 0.490 e. The summed E-state index contributed by atoms with van der Waals surface area (Å²) in [6.07, 6.45) is 1.72. The minimum Gasteiger partial charge on any atom is -0.490 e. The van der Waals surface area contributed by atoms with Gasteiger partial charge in [0.15, 0.2) is 16.6 Å². The lowest BCUT2D eigenvalue weighted by atomic mass is 10.2. The topological polar surface area (TPSA) is 66.9 Å². The second kappa shape index (κ2) is 11.1. The number of carbonyl (C=O) groups excluding carboxylic acids is 1. The molecule has 3 aliphatic rings. The van der Waals surface area contributed by atoms with Crippen LogP contribution in [0.4, 0.5) is 18.3 Å². The van der Waals surface area contributed by atoms with Crippen molar-refractivity contribution < 1.29 is 27.4 Å². The Morgan fingerprint density at radius 2 is 1.91 bits per heavy atom. The number of thiazole rings is 1. The predicted molar refractivity (Wildman–Crippen MR) is 121 cm³/mol. The van der Waals surface area contributed by atoms with Crippen LogP contribution in [0.1, 0.15) is 30.3 Å². The lowest BCUT2D eigenvalue weighted by molar-refractivity contribution is -0.304. The molecule has 2 unspecified atom stereocenters. The van der Waals surface area contributed by atoms with Gasteiger partial charge in [-0.1, -0.05) is 24.5 Å². The SMILES string of the molecule is C=C/C(OCC)=C(\C=C)OC(F)(F)F.O=CN1CCc2nc(N3C4CCC3CNC4)sc2C1. The van der Waals surface area contributed by atoms with Crippen LogP contribution in [0, 0.1) is 0 Å². The number of piperazine rings is 1. The van der Waals surface area contributed by atoms with Gasteiger partial charge in [0.2, 0.25) is 6.41 Å². The van der Waals surface area contributed by atoms with E-state index in [1.54, 1.807) is 18.3 Å². The number of hydrogen-bond donors (Lipinski definition) is 1. The number of allylic oxidation sites excluding steroid dienone is 2. The molecule has 0 aliphatic carbocycles. The van der Waals surface area contributed by atoms with Gasteiger partial charge in [-0.15, -0.1) is 13.2 Å². The summed E-state index contributed by atoms with van der Waals surface area (Å²) in [4.78, 5) is 21.4. The van der Waals surface area contributed by atoms with Gasteiger partial charge in [0.05, 0.1) is 18.8 Å². The zero-order chi connectivity index (χ0) is 24.0. The molecule has 1 N–H and O–H groups in total. The van der Waals surface area contributed by atoms with Crippen molar-refractivity contribution in [3.05, 3.63) is 47.4 Å². The Morgan fingerprint density at radius 3 is 2.45 bits per heavy atom. The van der Waals surface area contributed by atoms with Crippen molar-refractivity contribution in [2.75, 3.05) is 31.1 Å². The summed E-state index contributed by atoms with van der Waals surface area (Å²) in [5, 5.41) is 4.69. The number of ether oxygens (including phenoxy) is 2. The number of nitrogens with one attached hydrogen (secondary N) is 1. The molecule has 4 rings (SSSR count). The maximum atomic E-state index is 11.8. The summed E-state index contributed by atoms with van der Waals surface area (Å²) >= 11 is 1.79. The van der Waals surface area contributed by atoms with Gasteiger partial charge in [-0.25, -0.2) is 4.98 Å². The minimum atomic E-state index is -4.76. The van der Waals surface area contributed by atoms with E-state index in [1.165, 1.54) is 28.5 Å². The van der Waals surface area contributed by atoms with Gasteiger partial charge in [0.1, 0.15) is 0 Å². The van der Waals surface area contributed by atoms with Gasteiger partial charge >= 0.3 is 6.36 Å². The highest BCUT2D eigenvalue weighted by Gasteiger charge is 2.38. The molecule has 0 saturated carbocycles. The van der Waals surface area contributed by atoms with Gasteiger partial charge < -0.3 is 24.6 Å². The van der Waals surface area contributed by atoms with Crippen LogP contribution in [-0.2, 0) is 27.2 Å². The third-order valence-electron chi connectivity index (χ3n) is 5.64. The summed E-state index contributed by atoms with van der Waals surface area (Å²) in [5.74, 6) is -0.575. The fourth-order valence-corrected chi connectivity index (χ4v) is 5.47. The van der Waals surface area contributed by atoms with Crippen molar-refractivity contribution >= 4 is 22.9 Å². The first-order valence-electron chi connectivity index (χ1n) is 10.8.